The van der Waals surface area contributed by atoms with Gasteiger partial charge in [0.25, 0.3) is 0 Å². The van der Waals surface area contributed by atoms with E-state index in [1.807, 2.05) is 13.8 Å². The van der Waals surface area contributed by atoms with Crippen LogP contribution >= 0.6 is 12.4 Å². The van der Waals surface area contributed by atoms with Gasteiger partial charge in [-0.15, -0.1) is 12.4 Å². The molecule has 2 atom stereocenters. The van der Waals surface area contributed by atoms with Crippen molar-refractivity contribution in [2.45, 2.75) is 46.6 Å². The van der Waals surface area contributed by atoms with E-state index >= 15 is 0 Å². The Kier molecular flexibility index (Phi) is 10.3. The monoisotopic (exact) mass is 236 g/mol. The fourth-order valence-corrected chi connectivity index (χ4v) is 1.22. The molecule has 15 heavy (non-hydrogen) atoms. The highest BCUT2D eigenvalue weighted by atomic mass is 35.5. The third-order valence-electron chi connectivity index (χ3n) is 2.92. The summed E-state index contributed by atoms with van der Waals surface area (Å²) in [7, 11) is 0. The number of rotatable bonds is 6. The fourth-order valence-electron chi connectivity index (χ4n) is 1.22. The number of halogens is 1. The number of carbonyl (C=O) groups excluding carboxylic acids is 1. The van der Waals surface area contributed by atoms with E-state index in [4.69, 9.17) is 5.73 Å². The molecule has 0 aliphatic carbocycles. The van der Waals surface area contributed by atoms with Crippen molar-refractivity contribution >= 4 is 18.3 Å². The lowest BCUT2D eigenvalue weighted by Gasteiger charge is -2.18. The number of nitrogens with one attached hydrogen (secondary N) is 1. The highest BCUT2D eigenvalue weighted by Crippen LogP contribution is 2.06. The summed E-state index contributed by atoms with van der Waals surface area (Å²) in [5.74, 6) is 0.579. The first kappa shape index (κ1) is 17.1. The van der Waals surface area contributed by atoms with Crippen molar-refractivity contribution in [2.24, 2.45) is 17.6 Å². The Hall–Kier alpha value is -0.280. The quantitative estimate of drug-likeness (QED) is 0.741. The molecule has 0 aromatic rings. The second-order valence-corrected chi connectivity index (χ2v) is 4.08. The molecule has 0 fully saturated rings. The molecule has 4 heteroatoms. The van der Waals surface area contributed by atoms with Crippen molar-refractivity contribution in [2.75, 3.05) is 6.54 Å². The van der Waals surface area contributed by atoms with Crippen LogP contribution in [0.3, 0.4) is 0 Å². The second kappa shape index (κ2) is 8.98. The standard InChI is InChI=1S/C11H24N2O.ClH/c1-5-10(6-2)7-13-11(14)8(3)9(4)12;/h8-10H,5-7,12H2,1-4H3,(H,13,14);1H. The molecule has 0 spiro atoms. The molecule has 92 valence electrons. The molecular weight excluding hydrogens is 212 g/mol. The molecule has 0 rings (SSSR count). The molecule has 0 saturated heterocycles. The molecule has 0 aliphatic heterocycles. The van der Waals surface area contributed by atoms with Crippen LogP contribution in [0.4, 0.5) is 0 Å². The van der Waals surface area contributed by atoms with E-state index in [0.29, 0.717) is 5.92 Å². The van der Waals surface area contributed by atoms with Gasteiger partial charge in [0.05, 0.1) is 0 Å². The van der Waals surface area contributed by atoms with Crippen molar-refractivity contribution in [1.29, 1.82) is 0 Å². The van der Waals surface area contributed by atoms with Crippen LogP contribution in [0.15, 0.2) is 0 Å². The molecule has 2 unspecified atom stereocenters. The number of hydrogen-bond donors (Lipinski definition) is 2. The maximum atomic E-state index is 11.5. The summed E-state index contributed by atoms with van der Waals surface area (Å²) < 4.78 is 0. The fraction of sp³-hybridized carbons (Fsp3) is 0.909. The summed E-state index contributed by atoms with van der Waals surface area (Å²) in [6.07, 6.45) is 2.23. The Balaban J connectivity index is 0. The van der Waals surface area contributed by atoms with Gasteiger partial charge in [-0.1, -0.05) is 33.6 Å². The second-order valence-electron chi connectivity index (χ2n) is 4.08. The van der Waals surface area contributed by atoms with Crippen LogP contribution in [-0.4, -0.2) is 18.5 Å². The van der Waals surface area contributed by atoms with E-state index in [1.165, 1.54) is 0 Å². The number of carbonyl (C=O) groups is 1. The summed E-state index contributed by atoms with van der Waals surface area (Å²) in [6.45, 7) is 8.81. The first-order chi connectivity index (χ1) is 6.52. The minimum atomic E-state index is -0.0932. The van der Waals surface area contributed by atoms with E-state index in [9.17, 15) is 4.79 Å². The Morgan fingerprint density at radius 1 is 1.27 bits per heavy atom. The summed E-state index contributed by atoms with van der Waals surface area (Å²) in [6, 6.07) is -0.0725. The number of hydrogen-bond acceptors (Lipinski definition) is 2. The van der Waals surface area contributed by atoms with Crippen molar-refractivity contribution in [3.8, 4) is 0 Å². The van der Waals surface area contributed by atoms with E-state index in [1.54, 1.807) is 0 Å². The first-order valence-electron chi connectivity index (χ1n) is 5.56. The Morgan fingerprint density at radius 2 is 1.73 bits per heavy atom. The van der Waals surface area contributed by atoms with Crippen molar-refractivity contribution in [3.05, 3.63) is 0 Å². The molecule has 0 radical (unpaired) electrons. The van der Waals surface area contributed by atoms with Gasteiger partial charge in [0.1, 0.15) is 0 Å². The molecule has 3 nitrogen and oxygen atoms in total. The molecule has 3 N–H and O–H groups in total. The third-order valence-corrected chi connectivity index (χ3v) is 2.92. The normalized spacial score (nSPS) is 14.3. The van der Waals surface area contributed by atoms with Gasteiger partial charge in [0, 0.05) is 18.5 Å². The van der Waals surface area contributed by atoms with Crippen LogP contribution < -0.4 is 11.1 Å². The van der Waals surface area contributed by atoms with Gasteiger partial charge in [0.2, 0.25) is 5.91 Å². The largest absolute Gasteiger partial charge is 0.356 e. The molecule has 0 aliphatic rings. The molecule has 0 saturated carbocycles. The molecule has 1 amide bonds. The minimum absolute atomic E-state index is 0. The van der Waals surface area contributed by atoms with Gasteiger partial charge in [-0.2, -0.15) is 0 Å². The third kappa shape index (κ3) is 6.74. The van der Waals surface area contributed by atoms with Crippen LogP contribution in [0.25, 0.3) is 0 Å². The van der Waals surface area contributed by atoms with Crippen molar-refractivity contribution < 1.29 is 4.79 Å². The van der Waals surface area contributed by atoms with E-state index in [-0.39, 0.29) is 30.3 Å². The van der Waals surface area contributed by atoms with Gasteiger partial charge in [-0.05, 0) is 12.8 Å². The van der Waals surface area contributed by atoms with E-state index < -0.39 is 0 Å². The smallest absolute Gasteiger partial charge is 0.224 e. The number of nitrogens with two attached hydrogens (primary N) is 1. The first-order valence-corrected chi connectivity index (χ1v) is 5.56. The zero-order valence-corrected chi connectivity index (χ0v) is 11.1. The lowest BCUT2D eigenvalue weighted by molar-refractivity contribution is -0.125. The maximum Gasteiger partial charge on any atom is 0.224 e. The summed E-state index contributed by atoms with van der Waals surface area (Å²) >= 11 is 0. The topological polar surface area (TPSA) is 55.1 Å². The molecule has 0 aromatic heterocycles. The average Bonchev–Trinajstić information content (AvgIpc) is 2.17. The van der Waals surface area contributed by atoms with E-state index in [2.05, 4.69) is 19.2 Å². The van der Waals surface area contributed by atoms with Crippen LogP contribution in [0, 0.1) is 11.8 Å². The van der Waals surface area contributed by atoms with E-state index in [0.717, 1.165) is 19.4 Å². The summed E-state index contributed by atoms with van der Waals surface area (Å²) in [5, 5.41) is 2.95. The minimum Gasteiger partial charge on any atom is -0.356 e. The molecule has 0 heterocycles. The van der Waals surface area contributed by atoms with Gasteiger partial charge in [-0.25, -0.2) is 0 Å². The number of amides is 1. The van der Waals surface area contributed by atoms with Crippen molar-refractivity contribution in [1.82, 2.24) is 5.32 Å². The Bertz CT molecular complexity index is 170. The van der Waals surface area contributed by atoms with Gasteiger partial charge in [-0.3, -0.25) is 4.79 Å². The van der Waals surface area contributed by atoms with Gasteiger partial charge < -0.3 is 11.1 Å². The SMILES string of the molecule is CCC(CC)CNC(=O)C(C)C(C)N.Cl. The van der Waals surface area contributed by atoms with Gasteiger partial charge in [0.15, 0.2) is 0 Å². The Labute approximate surface area is 99.6 Å². The Morgan fingerprint density at radius 3 is 2.07 bits per heavy atom. The zero-order chi connectivity index (χ0) is 11.1. The van der Waals surface area contributed by atoms with Crippen LogP contribution in [0.5, 0.6) is 0 Å². The predicted molar refractivity (Wildman–Crippen MR) is 67.1 cm³/mol. The molecular formula is C11H25ClN2O. The maximum absolute atomic E-state index is 11.5. The lowest BCUT2D eigenvalue weighted by atomic mass is 10.0. The van der Waals surface area contributed by atoms with Gasteiger partial charge >= 0.3 is 0 Å². The zero-order valence-electron chi connectivity index (χ0n) is 10.2. The van der Waals surface area contributed by atoms with Crippen LogP contribution in [0.2, 0.25) is 0 Å². The average molecular weight is 237 g/mol. The van der Waals surface area contributed by atoms with Crippen molar-refractivity contribution in [3.63, 3.8) is 0 Å². The lowest BCUT2D eigenvalue weighted by Crippen LogP contribution is -2.40. The molecule has 0 bridgehead atoms. The van der Waals surface area contributed by atoms with Crippen LogP contribution in [0.1, 0.15) is 40.5 Å². The highest BCUT2D eigenvalue weighted by molar-refractivity contribution is 5.85. The van der Waals surface area contributed by atoms with Crippen LogP contribution in [-0.2, 0) is 4.79 Å². The summed E-state index contributed by atoms with van der Waals surface area (Å²) in [4.78, 5) is 11.5. The molecule has 0 aromatic carbocycles. The highest BCUT2D eigenvalue weighted by Gasteiger charge is 2.17. The predicted octanol–water partition coefficient (Wildman–Crippen LogP) is 1.94. The summed E-state index contributed by atoms with van der Waals surface area (Å²) in [5.41, 5.74) is 5.65.